The molecule has 0 saturated carbocycles. The second-order valence-corrected chi connectivity index (χ2v) is 3.50. The highest BCUT2D eigenvalue weighted by molar-refractivity contribution is 5.52. The zero-order valence-corrected chi connectivity index (χ0v) is 7.31. The standard InChI is InChI=1S/C9H11N3O/c1-2-13-5-8-3-7-4-10-6-11-9(7)12(1)8/h4,6,8H,1-3,5H2. The lowest BCUT2D eigenvalue weighted by Crippen LogP contribution is -2.43. The number of nitrogens with zero attached hydrogens (tertiary/aromatic N) is 3. The SMILES string of the molecule is c1ncc2c(n1)N1CCOCC1C2. The molecule has 0 amide bonds. The van der Waals surface area contributed by atoms with Crippen molar-refractivity contribution in [3.63, 3.8) is 0 Å². The molecule has 13 heavy (non-hydrogen) atoms. The summed E-state index contributed by atoms with van der Waals surface area (Å²) >= 11 is 0. The average Bonchev–Trinajstić information content (AvgIpc) is 2.56. The summed E-state index contributed by atoms with van der Waals surface area (Å²) in [5.41, 5.74) is 1.26. The highest BCUT2D eigenvalue weighted by atomic mass is 16.5. The fourth-order valence-corrected chi connectivity index (χ4v) is 2.11. The summed E-state index contributed by atoms with van der Waals surface area (Å²) in [4.78, 5) is 10.7. The summed E-state index contributed by atoms with van der Waals surface area (Å²) in [6, 6.07) is 0.500. The van der Waals surface area contributed by atoms with E-state index < -0.39 is 0 Å². The fraction of sp³-hybridized carbons (Fsp3) is 0.556. The number of fused-ring (bicyclic) bond motifs is 3. The first-order valence-electron chi connectivity index (χ1n) is 4.58. The van der Waals surface area contributed by atoms with Crippen molar-refractivity contribution in [2.24, 2.45) is 0 Å². The van der Waals surface area contributed by atoms with Gasteiger partial charge in [-0.1, -0.05) is 0 Å². The Morgan fingerprint density at radius 3 is 3.54 bits per heavy atom. The number of hydrogen-bond acceptors (Lipinski definition) is 4. The Bertz CT molecular complexity index is 328. The van der Waals surface area contributed by atoms with Crippen molar-refractivity contribution >= 4 is 5.82 Å². The molecule has 2 aliphatic rings. The largest absolute Gasteiger partial charge is 0.377 e. The Morgan fingerprint density at radius 2 is 2.54 bits per heavy atom. The minimum Gasteiger partial charge on any atom is -0.377 e. The van der Waals surface area contributed by atoms with Gasteiger partial charge in [0.2, 0.25) is 0 Å². The van der Waals surface area contributed by atoms with Crippen molar-refractivity contribution < 1.29 is 4.74 Å². The quantitative estimate of drug-likeness (QED) is 0.569. The molecule has 1 saturated heterocycles. The zero-order chi connectivity index (χ0) is 8.67. The molecule has 0 radical (unpaired) electrons. The van der Waals surface area contributed by atoms with Gasteiger partial charge >= 0.3 is 0 Å². The Balaban J connectivity index is 2.01. The summed E-state index contributed by atoms with van der Waals surface area (Å²) in [5.74, 6) is 1.11. The summed E-state index contributed by atoms with van der Waals surface area (Å²) in [5, 5.41) is 0. The van der Waals surface area contributed by atoms with E-state index in [2.05, 4.69) is 14.9 Å². The van der Waals surface area contributed by atoms with Crippen molar-refractivity contribution in [3.05, 3.63) is 18.1 Å². The van der Waals surface area contributed by atoms with Gasteiger partial charge in [0.25, 0.3) is 0 Å². The maximum atomic E-state index is 5.42. The first kappa shape index (κ1) is 7.26. The smallest absolute Gasteiger partial charge is 0.135 e. The van der Waals surface area contributed by atoms with Gasteiger partial charge in [0, 0.05) is 24.7 Å². The molecular weight excluding hydrogens is 166 g/mol. The van der Waals surface area contributed by atoms with Gasteiger partial charge in [0.05, 0.1) is 19.3 Å². The van der Waals surface area contributed by atoms with Crippen molar-refractivity contribution in [2.75, 3.05) is 24.7 Å². The van der Waals surface area contributed by atoms with Crippen LogP contribution >= 0.6 is 0 Å². The normalized spacial score (nSPS) is 25.5. The van der Waals surface area contributed by atoms with Crippen LogP contribution in [-0.2, 0) is 11.2 Å². The van der Waals surface area contributed by atoms with Gasteiger partial charge in [0.1, 0.15) is 12.1 Å². The van der Waals surface area contributed by atoms with E-state index in [0.29, 0.717) is 6.04 Å². The van der Waals surface area contributed by atoms with E-state index >= 15 is 0 Å². The number of rotatable bonds is 0. The van der Waals surface area contributed by atoms with Gasteiger partial charge in [-0.3, -0.25) is 0 Å². The number of anilines is 1. The summed E-state index contributed by atoms with van der Waals surface area (Å²) < 4.78 is 5.42. The lowest BCUT2D eigenvalue weighted by atomic mass is 10.2. The van der Waals surface area contributed by atoms with Crippen LogP contribution < -0.4 is 4.90 Å². The number of hydrogen-bond donors (Lipinski definition) is 0. The lowest BCUT2D eigenvalue weighted by molar-refractivity contribution is 0.0974. The molecule has 68 valence electrons. The molecule has 4 heteroatoms. The van der Waals surface area contributed by atoms with Crippen LogP contribution in [0.1, 0.15) is 5.56 Å². The molecule has 0 spiro atoms. The maximum Gasteiger partial charge on any atom is 0.135 e. The van der Waals surface area contributed by atoms with E-state index in [9.17, 15) is 0 Å². The Labute approximate surface area is 76.6 Å². The van der Waals surface area contributed by atoms with Gasteiger partial charge in [-0.2, -0.15) is 0 Å². The molecule has 0 aliphatic carbocycles. The van der Waals surface area contributed by atoms with Crippen LogP contribution in [0.3, 0.4) is 0 Å². The Kier molecular flexibility index (Phi) is 1.49. The molecule has 3 rings (SSSR count). The minimum atomic E-state index is 0.500. The molecular formula is C9H11N3O. The number of ether oxygens (including phenoxy) is 1. The molecule has 0 bridgehead atoms. The van der Waals surface area contributed by atoms with Crippen molar-refractivity contribution in [1.29, 1.82) is 0 Å². The number of morpholine rings is 1. The van der Waals surface area contributed by atoms with Crippen LogP contribution in [0.4, 0.5) is 5.82 Å². The molecule has 1 fully saturated rings. The molecule has 0 N–H and O–H groups in total. The van der Waals surface area contributed by atoms with Crippen molar-refractivity contribution in [2.45, 2.75) is 12.5 Å². The lowest BCUT2D eigenvalue weighted by Gasteiger charge is -2.30. The summed E-state index contributed by atoms with van der Waals surface area (Å²) in [7, 11) is 0. The van der Waals surface area contributed by atoms with Gasteiger partial charge in [-0.05, 0) is 0 Å². The number of aromatic nitrogens is 2. The first-order valence-corrected chi connectivity index (χ1v) is 4.58. The van der Waals surface area contributed by atoms with Gasteiger partial charge in [0.15, 0.2) is 0 Å². The topological polar surface area (TPSA) is 38.2 Å². The van der Waals surface area contributed by atoms with Crippen LogP contribution in [0, 0.1) is 0 Å². The van der Waals surface area contributed by atoms with E-state index in [1.54, 1.807) is 6.33 Å². The zero-order valence-electron chi connectivity index (χ0n) is 7.31. The summed E-state index contributed by atoms with van der Waals surface area (Å²) in [6.07, 6.45) is 4.58. The highest BCUT2D eigenvalue weighted by Gasteiger charge is 2.32. The first-order chi connectivity index (χ1) is 6.45. The third kappa shape index (κ3) is 1.02. The third-order valence-electron chi connectivity index (χ3n) is 2.72. The molecule has 4 nitrogen and oxygen atoms in total. The molecule has 3 heterocycles. The predicted molar refractivity (Wildman–Crippen MR) is 47.7 cm³/mol. The molecule has 1 unspecified atom stereocenters. The molecule has 2 aliphatic heterocycles. The van der Waals surface area contributed by atoms with Crippen LogP contribution in [0.25, 0.3) is 0 Å². The summed E-state index contributed by atoms with van der Waals surface area (Å²) in [6.45, 7) is 2.62. The van der Waals surface area contributed by atoms with Crippen molar-refractivity contribution in [1.82, 2.24) is 9.97 Å². The molecule has 1 aromatic heterocycles. The van der Waals surface area contributed by atoms with E-state index in [4.69, 9.17) is 4.74 Å². The minimum absolute atomic E-state index is 0.500. The molecule has 1 aromatic rings. The van der Waals surface area contributed by atoms with E-state index in [0.717, 1.165) is 32.0 Å². The second kappa shape index (κ2) is 2.67. The molecule has 1 atom stereocenters. The fourth-order valence-electron chi connectivity index (χ4n) is 2.11. The monoisotopic (exact) mass is 177 g/mol. The van der Waals surface area contributed by atoms with Crippen LogP contribution in [0.15, 0.2) is 12.5 Å². The second-order valence-electron chi connectivity index (χ2n) is 3.50. The Morgan fingerprint density at radius 1 is 1.54 bits per heavy atom. The van der Waals surface area contributed by atoms with E-state index in [-0.39, 0.29) is 0 Å². The average molecular weight is 177 g/mol. The van der Waals surface area contributed by atoms with Crippen LogP contribution in [0.2, 0.25) is 0 Å². The molecule has 0 aromatic carbocycles. The van der Waals surface area contributed by atoms with Gasteiger partial charge in [-0.25, -0.2) is 9.97 Å². The van der Waals surface area contributed by atoms with Crippen LogP contribution in [0.5, 0.6) is 0 Å². The van der Waals surface area contributed by atoms with Crippen molar-refractivity contribution in [3.8, 4) is 0 Å². The maximum absolute atomic E-state index is 5.42. The van der Waals surface area contributed by atoms with E-state index in [1.807, 2.05) is 6.20 Å². The highest BCUT2D eigenvalue weighted by Crippen LogP contribution is 2.30. The predicted octanol–water partition coefficient (Wildman–Crippen LogP) is 0.238. The Hall–Kier alpha value is -1.16. The van der Waals surface area contributed by atoms with Crippen LogP contribution in [-0.4, -0.2) is 35.8 Å². The van der Waals surface area contributed by atoms with E-state index in [1.165, 1.54) is 5.56 Å². The third-order valence-corrected chi connectivity index (χ3v) is 2.72. The van der Waals surface area contributed by atoms with Gasteiger partial charge in [-0.15, -0.1) is 0 Å². The van der Waals surface area contributed by atoms with Gasteiger partial charge < -0.3 is 9.64 Å².